The van der Waals surface area contributed by atoms with Crippen LogP contribution in [-0.4, -0.2) is 36.2 Å². The van der Waals surface area contributed by atoms with Gasteiger partial charge in [-0.3, -0.25) is 10.1 Å². The first-order valence-electron chi connectivity index (χ1n) is 6.21. The van der Waals surface area contributed by atoms with Crippen LogP contribution in [0, 0.1) is 24.0 Å². The monoisotopic (exact) mass is 292 g/mol. The Hall–Kier alpha value is -2.64. The smallest absolute Gasteiger partial charge is 0.279 e. The van der Waals surface area contributed by atoms with Crippen LogP contribution in [0.4, 0.5) is 11.4 Å². The molecule has 1 aromatic carbocycles. The zero-order valence-corrected chi connectivity index (χ0v) is 12.5. The van der Waals surface area contributed by atoms with E-state index in [9.17, 15) is 10.1 Å². The number of aryl methyl sites for hydroxylation is 1. The van der Waals surface area contributed by atoms with Crippen molar-refractivity contribution in [2.75, 3.05) is 26.6 Å². The molecule has 0 aliphatic heterocycles. The van der Waals surface area contributed by atoms with Crippen LogP contribution in [-0.2, 0) is 0 Å². The third kappa shape index (κ3) is 2.18. The number of anilines is 1. The zero-order chi connectivity index (χ0) is 15.7. The van der Waals surface area contributed by atoms with Crippen LogP contribution in [0.15, 0.2) is 0 Å². The average molecular weight is 292 g/mol. The van der Waals surface area contributed by atoms with Gasteiger partial charge in [0.25, 0.3) is 17.4 Å². The molecule has 2 aromatic rings. The van der Waals surface area contributed by atoms with Crippen molar-refractivity contribution in [1.29, 1.82) is 0 Å². The molecule has 8 heteroatoms. The van der Waals surface area contributed by atoms with E-state index in [-0.39, 0.29) is 17.4 Å². The van der Waals surface area contributed by atoms with Gasteiger partial charge >= 0.3 is 0 Å². The van der Waals surface area contributed by atoms with Crippen LogP contribution >= 0.6 is 0 Å². The van der Waals surface area contributed by atoms with Gasteiger partial charge in [0, 0.05) is 7.05 Å². The molecule has 0 aliphatic rings. The highest BCUT2D eigenvalue weighted by Gasteiger charge is 2.25. The fraction of sp³-hybridized carbons (Fsp3) is 0.385. The third-order valence-electron chi connectivity index (χ3n) is 3.33. The molecule has 0 aliphatic carbocycles. The Bertz CT molecular complexity index is 730. The number of benzene rings is 1. The standard InChI is InChI=1S/C13H16N4O4/c1-6-8(14-3)10-9(7(2)11(6)17(18)19)15-12(20-4)13(16-10)21-5/h14H,1-5H3. The lowest BCUT2D eigenvalue weighted by molar-refractivity contribution is -0.385. The minimum absolute atomic E-state index is 0.0216. The minimum Gasteiger partial charge on any atom is -0.477 e. The molecular weight excluding hydrogens is 276 g/mol. The number of nitro groups is 1. The van der Waals surface area contributed by atoms with E-state index in [0.717, 1.165) is 0 Å². The number of aromatic nitrogens is 2. The second-order valence-corrected chi connectivity index (χ2v) is 4.42. The van der Waals surface area contributed by atoms with Gasteiger partial charge in [-0.15, -0.1) is 0 Å². The molecule has 1 heterocycles. The first-order valence-corrected chi connectivity index (χ1v) is 6.21. The van der Waals surface area contributed by atoms with Crippen LogP contribution < -0.4 is 14.8 Å². The van der Waals surface area contributed by atoms with Crippen molar-refractivity contribution < 1.29 is 14.4 Å². The van der Waals surface area contributed by atoms with E-state index in [1.807, 2.05) is 0 Å². The zero-order valence-electron chi connectivity index (χ0n) is 12.5. The van der Waals surface area contributed by atoms with Gasteiger partial charge in [-0.2, -0.15) is 0 Å². The topological polar surface area (TPSA) is 99.4 Å². The fourth-order valence-electron chi connectivity index (χ4n) is 2.38. The predicted molar refractivity (Wildman–Crippen MR) is 78.3 cm³/mol. The van der Waals surface area contributed by atoms with Gasteiger partial charge in [0.1, 0.15) is 11.0 Å². The third-order valence-corrected chi connectivity index (χ3v) is 3.33. The summed E-state index contributed by atoms with van der Waals surface area (Å²) in [5, 5.41) is 14.3. The Balaban J connectivity index is 2.99. The van der Waals surface area contributed by atoms with Crippen molar-refractivity contribution in [1.82, 2.24) is 9.97 Å². The number of hydrogen-bond donors (Lipinski definition) is 1. The number of ether oxygens (including phenoxy) is 2. The highest BCUT2D eigenvalue weighted by molar-refractivity contribution is 5.96. The van der Waals surface area contributed by atoms with Crippen molar-refractivity contribution in [3.8, 4) is 11.8 Å². The van der Waals surface area contributed by atoms with Crippen molar-refractivity contribution >= 4 is 22.4 Å². The SMILES string of the molecule is CNc1c(C)c([N+](=O)[O-])c(C)c2nc(OC)c(OC)nc12. The van der Waals surface area contributed by atoms with Gasteiger partial charge in [-0.1, -0.05) is 0 Å². The van der Waals surface area contributed by atoms with Crippen molar-refractivity contribution in [3.05, 3.63) is 21.2 Å². The molecule has 1 aromatic heterocycles. The summed E-state index contributed by atoms with van der Waals surface area (Å²) in [6, 6.07) is 0. The maximum Gasteiger partial charge on any atom is 0.279 e. The van der Waals surface area contributed by atoms with E-state index >= 15 is 0 Å². The van der Waals surface area contributed by atoms with Crippen LogP contribution in [0.5, 0.6) is 11.8 Å². The highest BCUT2D eigenvalue weighted by Crippen LogP contribution is 2.38. The molecule has 0 saturated heterocycles. The molecule has 0 amide bonds. The van der Waals surface area contributed by atoms with Crippen molar-refractivity contribution in [3.63, 3.8) is 0 Å². The molecule has 0 spiro atoms. The summed E-state index contributed by atoms with van der Waals surface area (Å²) >= 11 is 0. The lowest BCUT2D eigenvalue weighted by atomic mass is 10.0. The van der Waals surface area contributed by atoms with Crippen molar-refractivity contribution in [2.45, 2.75) is 13.8 Å². The quantitative estimate of drug-likeness (QED) is 0.681. The van der Waals surface area contributed by atoms with Crippen LogP contribution in [0.2, 0.25) is 0 Å². The second-order valence-electron chi connectivity index (χ2n) is 4.42. The summed E-state index contributed by atoms with van der Waals surface area (Å²) in [5.74, 6) is 0.419. The number of hydrogen-bond acceptors (Lipinski definition) is 7. The van der Waals surface area contributed by atoms with Gasteiger partial charge in [0.05, 0.1) is 36.0 Å². The molecule has 0 fully saturated rings. The molecule has 1 N–H and O–H groups in total. The Morgan fingerprint density at radius 1 is 1.05 bits per heavy atom. The first kappa shape index (κ1) is 14.8. The largest absolute Gasteiger partial charge is 0.477 e. The number of fused-ring (bicyclic) bond motifs is 1. The lowest BCUT2D eigenvalue weighted by Gasteiger charge is -2.14. The summed E-state index contributed by atoms with van der Waals surface area (Å²) in [6.07, 6.45) is 0. The van der Waals surface area contributed by atoms with Crippen LogP contribution in [0.3, 0.4) is 0 Å². The van der Waals surface area contributed by atoms with Crippen molar-refractivity contribution in [2.24, 2.45) is 0 Å². The van der Waals surface area contributed by atoms with E-state index in [1.165, 1.54) is 14.2 Å². The molecule has 0 bridgehead atoms. The maximum absolute atomic E-state index is 11.3. The van der Waals surface area contributed by atoms with Gasteiger partial charge < -0.3 is 14.8 Å². The summed E-state index contributed by atoms with van der Waals surface area (Å²) in [4.78, 5) is 19.6. The van der Waals surface area contributed by atoms with Gasteiger partial charge in [0.2, 0.25) is 0 Å². The van der Waals surface area contributed by atoms with Crippen LogP contribution in [0.1, 0.15) is 11.1 Å². The maximum atomic E-state index is 11.3. The predicted octanol–water partition coefficient (Wildman–Crippen LogP) is 2.21. The average Bonchev–Trinajstić information content (AvgIpc) is 2.46. The summed E-state index contributed by atoms with van der Waals surface area (Å²) in [7, 11) is 4.58. The molecule has 2 rings (SSSR count). The number of nitrogens with one attached hydrogen (secondary N) is 1. The van der Waals surface area contributed by atoms with E-state index < -0.39 is 4.92 Å². The summed E-state index contributed by atoms with van der Waals surface area (Å²) < 4.78 is 10.3. The summed E-state index contributed by atoms with van der Waals surface area (Å²) in [5.41, 5.74) is 2.45. The molecular formula is C13H16N4O4. The Morgan fingerprint density at radius 3 is 2.00 bits per heavy atom. The molecule has 0 radical (unpaired) electrons. The number of rotatable bonds is 4. The normalized spacial score (nSPS) is 10.5. The lowest BCUT2D eigenvalue weighted by Crippen LogP contribution is -2.06. The fourth-order valence-corrected chi connectivity index (χ4v) is 2.38. The highest BCUT2D eigenvalue weighted by atomic mass is 16.6. The van der Waals surface area contributed by atoms with Gasteiger partial charge in [-0.05, 0) is 13.8 Å². The van der Waals surface area contributed by atoms with Gasteiger partial charge in [-0.25, -0.2) is 9.97 Å². The Morgan fingerprint density at radius 2 is 1.57 bits per heavy atom. The van der Waals surface area contributed by atoms with E-state index in [4.69, 9.17) is 9.47 Å². The number of nitro benzene ring substituents is 1. The van der Waals surface area contributed by atoms with E-state index in [1.54, 1.807) is 20.9 Å². The van der Waals surface area contributed by atoms with Crippen LogP contribution in [0.25, 0.3) is 11.0 Å². The molecule has 0 atom stereocenters. The summed E-state index contributed by atoms with van der Waals surface area (Å²) in [6.45, 7) is 3.32. The Labute approximate surface area is 121 Å². The van der Waals surface area contributed by atoms with E-state index in [0.29, 0.717) is 27.8 Å². The molecule has 0 saturated carbocycles. The van der Waals surface area contributed by atoms with Gasteiger partial charge in [0.15, 0.2) is 0 Å². The number of methoxy groups -OCH3 is 2. The second kappa shape index (κ2) is 5.39. The molecule has 0 unspecified atom stereocenters. The molecule has 8 nitrogen and oxygen atoms in total. The minimum atomic E-state index is -0.413. The molecule has 21 heavy (non-hydrogen) atoms. The molecule has 112 valence electrons. The Kier molecular flexibility index (Phi) is 3.79. The van der Waals surface area contributed by atoms with E-state index in [2.05, 4.69) is 15.3 Å². The number of nitrogens with zero attached hydrogens (tertiary/aromatic N) is 3. The first-order chi connectivity index (χ1) is 9.96.